The molecule has 7 heteroatoms. The first-order valence-corrected chi connectivity index (χ1v) is 14.2. The third-order valence-corrected chi connectivity index (χ3v) is 8.08. The number of benzene rings is 2. The molecule has 2 fully saturated rings. The van der Waals surface area contributed by atoms with Gasteiger partial charge in [-0.15, -0.1) is 0 Å². The fourth-order valence-corrected chi connectivity index (χ4v) is 5.26. The van der Waals surface area contributed by atoms with Crippen molar-refractivity contribution in [3.63, 3.8) is 0 Å². The van der Waals surface area contributed by atoms with Crippen LogP contribution in [0.4, 0.5) is 0 Å². The third kappa shape index (κ3) is 7.83. The van der Waals surface area contributed by atoms with Gasteiger partial charge in [-0.3, -0.25) is 0 Å². The number of carbonyl (C=O) groups excluding carboxylic acids is 2. The maximum Gasteiger partial charge on any atom is 0.343 e. The highest BCUT2D eigenvalue weighted by atomic mass is 16.5. The number of carbonyl (C=O) groups is 2. The molecule has 1 saturated heterocycles. The summed E-state index contributed by atoms with van der Waals surface area (Å²) in [6, 6.07) is 13.3. The largest absolute Gasteiger partial charge is 0.491 e. The normalized spacial score (nSPS) is 22.1. The monoisotopic (exact) mass is 538 g/mol. The summed E-state index contributed by atoms with van der Waals surface area (Å²) in [7, 11) is 0. The van der Waals surface area contributed by atoms with Crippen LogP contribution in [0.3, 0.4) is 0 Å². The molecule has 0 amide bonds. The van der Waals surface area contributed by atoms with Crippen molar-refractivity contribution in [2.75, 3.05) is 33.0 Å². The minimum absolute atomic E-state index is 0.0613. The second-order valence-electron chi connectivity index (χ2n) is 11.5. The molecule has 1 aliphatic carbocycles. The summed E-state index contributed by atoms with van der Waals surface area (Å²) in [5, 5.41) is 0. The van der Waals surface area contributed by atoms with E-state index in [1.807, 2.05) is 0 Å². The van der Waals surface area contributed by atoms with Crippen molar-refractivity contribution >= 4 is 11.9 Å². The number of hydrogen-bond donors (Lipinski definition) is 0. The molecule has 3 unspecified atom stereocenters. The quantitative estimate of drug-likeness (QED) is 0.177. The molecule has 7 nitrogen and oxygen atoms in total. The van der Waals surface area contributed by atoms with Gasteiger partial charge < -0.3 is 23.7 Å². The molecule has 3 atom stereocenters. The van der Waals surface area contributed by atoms with Gasteiger partial charge in [0.1, 0.15) is 24.2 Å². The second kappa shape index (κ2) is 13.4. The smallest absolute Gasteiger partial charge is 0.343 e. The van der Waals surface area contributed by atoms with Gasteiger partial charge in [0.2, 0.25) is 0 Å². The summed E-state index contributed by atoms with van der Waals surface area (Å²) < 4.78 is 28.2. The second-order valence-corrected chi connectivity index (χ2v) is 11.5. The average Bonchev–Trinajstić information content (AvgIpc) is 2.90. The maximum absolute atomic E-state index is 12.8. The van der Waals surface area contributed by atoms with Crippen LogP contribution in [0, 0.1) is 23.2 Å². The van der Waals surface area contributed by atoms with E-state index < -0.39 is 5.97 Å². The average molecular weight is 539 g/mol. The fraction of sp³-hybridized carbons (Fsp3) is 0.562. The van der Waals surface area contributed by atoms with E-state index >= 15 is 0 Å². The van der Waals surface area contributed by atoms with E-state index in [-0.39, 0.29) is 17.5 Å². The van der Waals surface area contributed by atoms with E-state index in [1.54, 1.807) is 48.5 Å². The van der Waals surface area contributed by atoms with Gasteiger partial charge in [-0.05, 0) is 85.5 Å². The molecule has 0 aromatic heterocycles. The summed E-state index contributed by atoms with van der Waals surface area (Å²) in [6.45, 7) is 11.9. The standard InChI is InChI=1S/C32H42O7/c1-5-32(20-36-21-32)19-35-16-17-37-26-11-7-24(8-12-26)30(33)38-27-13-9-25(10-14-27)31(34)39-29-18-23(4)6-15-28(29)22(2)3/h7-14,22-23,28-29H,5-6,15-21H2,1-4H3. The minimum Gasteiger partial charge on any atom is -0.491 e. The molecule has 0 spiro atoms. The van der Waals surface area contributed by atoms with E-state index in [0.717, 1.165) is 32.5 Å². The highest BCUT2D eigenvalue weighted by Gasteiger charge is 2.37. The third-order valence-electron chi connectivity index (χ3n) is 8.08. The molecule has 2 aromatic rings. The van der Waals surface area contributed by atoms with Crippen LogP contribution in [0.5, 0.6) is 11.5 Å². The molecule has 0 radical (unpaired) electrons. The number of rotatable bonds is 12. The predicted octanol–water partition coefficient (Wildman–Crippen LogP) is 6.35. The lowest BCUT2D eigenvalue weighted by atomic mass is 9.75. The molecular weight excluding hydrogens is 496 g/mol. The Bertz CT molecular complexity index is 1070. The van der Waals surface area contributed by atoms with E-state index in [4.69, 9.17) is 23.7 Å². The van der Waals surface area contributed by atoms with Crippen molar-refractivity contribution < 1.29 is 33.3 Å². The van der Waals surface area contributed by atoms with Crippen LogP contribution in [0.15, 0.2) is 48.5 Å². The van der Waals surface area contributed by atoms with Crippen molar-refractivity contribution in [3.05, 3.63) is 59.7 Å². The Morgan fingerprint density at radius 1 is 0.923 bits per heavy atom. The number of esters is 2. The van der Waals surface area contributed by atoms with Crippen molar-refractivity contribution in [1.29, 1.82) is 0 Å². The first kappa shape index (κ1) is 29.1. The van der Waals surface area contributed by atoms with Crippen molar-refractivity contribution in [2.24, 2.45) is 23.2 Å². The first-order valence-electron chi connectivity index (χ1n) is 14.2. The van der Waals surface area contributed by atoms with Gasteiger partial charge in [0, 0.05) is 5.41 Å². The van der Waals surface area contributed by atoms with E-state index in [9.17, 15) is 9.59 Å². The molecule has 212 valence electrons. The lowest BCUT2D eigenvalue weighted by Crippen LogP contribution is -2.45. The van der Waals surface area contributed by atoms with Gasteiger partial charge in [-0.1, -0.05) is 34.1 Å². The van der Waals surface area contributed by atoms with Gasteiger partial charge in [0.05, 0.1) is 37.6 Å². The lowest BCUT2D eigenvalue weighted by Gasteiger charge is -2.40. The van der Waals surface area contributed by atoms with Gasteiger partial charge in [-0.2, -0.15) is 0 Å². The Balaban J connectivity index is 1.22. The molecule has 2 aromatic carbocycles. The van der Waals surface area contributed by atoms with Crippen molar-refractivity contribution in [3.8, 4) is 11.5 Å². The highest BCUT2D eigenvalue weighted by molar-refractivity contribution is 5.92. The van der Waals surface area contributed by atoms with Crippen molar-refractivity contribution in [1.82, 2.24) is 0 Å². The van der Waals surface area contributed by atoms with Crippen LogP contribution < -0.4 is 9.47 Å². The fourth-order valence-electron chi connectivity index (χ4n) is 5.26. The molecule has 2 aliphatic rings. The maximum atomic E-state index is 12.8. The highest BCUT2D eigenvalue weighted by Crippen LogP contribution is 2.36. The summed E-state index contributed by atoms with van der Waals surface area (Å²) in [5.41, 5.74) is 1.02. The number of hydrogen-bond acceptors (Lipinski definition) is 7. The van der Waals surface area contributed by atoms with E-state index in [0.29, 0.717) is 60.2 Å². The van der Waals surface area contributed by atoms with Gasteiger partial charge >= 0.3 is 11.9 Å². The summed E-state index contributed by atoms with van der Waals surface area (Å²) >= 11 is 0. The van der Waals surface area contributed by atoms with Crippen molar-refractivity contribution in [2.45, 2.75) is 59.5 Å². The molecule has 0 bridgehead atoms. The minimum atomic E-state index is -0.483. The molecule has 39 heavy (non-hydrogen) atoms. The Morgan fingerprint density at radius 3 is 2.15 bits per heavy atom. The Labute approximate surface area is 232 Å². The molecular formula is C32H42O7. The zero-order valence-corrected chi connectivity index (χ0v) is 23.6. The zero-order chi connectivity index (χ0) is 27.8. The van der Waals surface area contributed by atoms with Crippen LogP contribution >= 0.6 is 0 Å². The Morgan fingerprint density at radius 2 is 1.56 bits per heavy atom. The van der Waals surface area contributed by atoms with E-state index in [1.165, 1.54) is 6.42 Å². The van der Waals surface area contributed by atoms with Crippen LogP contribution in [-0.2, 0) is 14.2 Å². The van der Waals surface area contributed by atoms with Crippen LogP contribution in [0.1, 0.15) is 74.1 Å². The number of ether oxygens (including phenoxy) is 5. The topological polar surface area (TPSA) is 80.3 Å². The summed E-state index contributed by atoms with van der Waals surface area (Å²) in [6.07, 6.45) is 4.15. The summed E-state index contributed by atoms with van der Waals surface area (Å²) in [5.74, 6) is 1.61. The molecule has 1 aliphatic heterocycles. The zero-order valence-electron chi connectivity index (χ0n) is 23.6. The Kier molecular flexibility index (Phi) is 10.0. The Hall–Kier alpha value is -2.90. The molecule has 1 saturated carbocycles. The molecule has 1 heterocycles. The predicted molar refractivity (Wildman–Crippen MR) is 148 cm³/mol. The first-order chi connectivity index (χ1) is 18.8. The van der Waals surface area contributed by atoms with Gasteiger partial charge in [0.25, 0.3) is 0 Å². The van der Waals surface area contributed by atoms with Crippen LogP contribution in [0.25, 0.3) is 0 Å². The SMILES string of the molecule is CCC1(COCCOc2ccc(C(=O)Oc3ccc(C(=O)OC4CC(C)CCC4C(C)C)cc3)cc2)COC1. The summed E-state index contributed by atoms with van der Waals surface area (Å²) in [4.78, 5) is 25.4. The lowest BCUT2D eigenvalue weighted by molar-refractivity contribution is -0.151. The van der Waals surface area contributed by atoms with Gasteiger partial charge in [-0.25, -0.2) is 9.59 Å². The van der Waals surface area contributed by atoms with Gasteiger partial charge in [0.15, 0.2) is 0 Å². The molecule has 4 rings (SSSR count). The van der Waals surface area contributed by atoms with Crippen LogP contribution in [0.2, 0.25) is 0 Å². The molecule has 0 N–H and O–H groups in total. The van der Waals surface area contributed by atoms with E-state index in [2.05, 4.69) is 27.7 Å². The van der Waals surface area contributed by atoms with Crippen LogP contribution in [-0.4, -0.2) is 51.1 Å².